The van der Waals surface area contributed by atoms with E-state index in [4.69, 9.17) is 11.6 Å². The molecule has 2 unspecified atom stereocenters. The second-order valence-corrected chi connectivity index (χ2v) is 6.09. The van der Waals surface area contributed by atoms with Gasteiger partial charge in [0.15, 0.2) is 0 Å². The molecule has 0 aliphatic heterocycles. The van der Waals surface area contributed by atoms with Crippen LogP contribution in [0.25, 0.3) is 0 Å². The summed E-state index contributed by atoms with van der Waals surface area (Å²) >= 11 is 6.17. The Balaban J connectivity index is 2.13. The van der Waals surface area contributed by atoms with E-state index >= 15 is 0 Å². The predicted octanol–water partition coefficient (Wildman–Crippen LogP) is 2.80. The Kier molecular flexibility index (Phi) is 6.06. The number of nitrogens with one attached hydrogen (secondary N) is 1. The van der Waals surface area contributed by atoms with Crippen molar-refractivity contribution >= 4 is 17.3 Å². The number of aryl methyl sites for hydroxylation is 1. The van der Waals surface area contributed by atoms with E-state index in [9.17, 15) is 9.90 Å². The molecule has 0 radical (unpaired) electrons. The maximum Gasteiger partial charge on any atom is 0.287 e. The molecule has 1 saturated carbocycles. The van der Waals surface area contributed by atoms with Crippen molar-refractivity contribution in [2.24, 2.45) is 0 Å². The van der Waals surface area contributed by atoms with Crippen LogP contribution in [0.5, 0.6) is 0 Å². The van der Waals surface area contributed by atoms with Crippen molar-refractivity contribution in [2.75, 3.05) is 5.32 Å². The molecule has 1 aromatic heterocycles. The number of rotatable bonds is 5. The molecule has 21 heavy (non-hydrogen) atoms. The molecular weight excluding hydrogens is 290 g/mol. The third-order valence-electron chi connectivity index (χ3n) is 4.03. The van der Waals surface area contributed by atoms with Crippen LogP contribution in [-0.2, 0) is 6.54 Å². The fraction of sp³-hybridized carbons (Fsp3) is 0.733. The summed E-state index contributed by atoms with van der Waals surface area (Å²) in [5.41, 5.74) is 0.263. The van der Waals surface area contributed by atoms with Crippen molar-refractivity contribution in [3.05, 3.63) is 21.6 Å². The zero-order valence-electron chi connectivity index (χ0n) is 12.5. The molecule has 2 N–H and O–H groups in total. The minimum atomic E-state index is -0.397. The van der Waals surface area contributed by atoms with Crippen LogP contribution in [0.4, 0.5) is 5.69 Å². The van der Waals surface area contributed by atoms with Gasteiger partial charge in [-0.2, -0.15) is 5.10 Å². The Morgan fingerprint density at radius 1 is 1.43 bits per heavy atom. The van der Waals surface area contributed by atoms with Crippen LogP contribution in [0, 0.1) is 0 Å². The lowest BCUT2D eigenvalue weighted by atomic mass is 10.1. The molecule has 1 aliphatic carbocycles. The van der Waals surface area contributed by atoms with Crippen molar-refractivity contribution < 1.29 is 5.11 Å². The van der Waals surface area contributed by atoms with E-state index in [1.807, 2.05) is 0 Å². The average Bonchev–Trinajstić information content (AvgIpc) is 2.68. The summed E-state index contributed by atoms with van der Waals surface area (Å²) in [4.78, 5) is 12.2. The van der Waals surface area contributed by atoms with Gasteiger partial charge in [-0.3, -0.25) is 4.79 Å². The van der Waals surface area contributed by atoms with Gasteiger partial charge in [-0.25, -0.2) is 4.68 Å². The number of halogens is 1. The quantitative estimate of drug-likeness (QED) is 0.820. The number of aliphatic hydroxyl groups excluding tert-OH is 1. The van der Waals surface area contributed by atoms with Crippen LogP contribution in [0.2, 0.25) is 5.02 Å². The van der Waals surface area contributed by atoms with Crippen molar-refractivity contribution in [3.8, 4) is 0 Å². The van der Waals surface area contributed by atoms with E-state index in [1.54, 1.807) is 6.20 Å². The summed E-state index contributed by atoms with van der Waals surface area (Å²) in [6.45, 7) is 2.65. The molecule has 1 aromatic rings. The van der Waals surface area contributed by atoms with Crippen molar-refractivity contribution in [3.63, 3.8) is 0 Å². The molecule has 2 rings (SSSR count). The first-order valence-electron chi connectivity index (χ1n) is 7.83. The number of nitrogens with zero attached hydrogens (tertiary/aromatic N) is 2. The summed E-state index contributed by atoms with van der Waals surface area (Å²) < 4.78 is 1.40. The van der Waals surface area contributed by atoms with E-state index in [0.29, 0.717) is 12.2 Å². The molecular formula is C15H24ClN3O2. The van der Waals surface area contributed by atoms with E-state index in [2.05, 4.69) is 17.3 Å². The first-order chi connectivity index (χ1) is 10.1. The third kappa shape index (κ3) is 4.20. The molecule has 0 bridgehead atoms. The molecule has 1 aliphatic rings. The minimum Gasteiger partial charge on any atom is -0.391 e. The van der Waals surface area contributed by atoms with E-state index in [0.717, 1.165) is 44.9 Å². The molecule has 118 valence electrons. The Bertz CT molecular complexity index is 518. The molecule has 2 atom stereocenters. The fourth-order valence-corrected chi connectivity index (χ4v) is 2.89. The van der Waals surface area contributed by atoms with Gasteiger partial charge < -0.3 is 10.4 Å². The highest BCUT2D eigenvalue weighted by molar-refractivity contribution is 6.32. The van der Waals surface area contributed by atoms with Gasteiger partial charge in [0.1, 0.15) is 5.02 Å². The Morgan fingerprint density at radius 3 is 2.95 bits per heavy atom. The predicted molar refractivity (Wildman–Crippen MR) is 84.9 cm³/mol. The lowest BCUT2D eigenvalue weighted by Crippen LogP contribution is -2.34. The second kappa shape index (κ2) is 7.80. The number of aliphatic hydroxyl groups is 1. The fourth-order valence-electron chi connectivity index (χ4n) is 2.69. The summed E-state index contributed by atoms with van der Waals surface area (Å²) in [7, 11) is 0. The Hall–Kier alpha value is -1.07. The molecule has 1 heterocycles. The van der Waals surface area contributed by atoms with Crippen molar-refractivity contribution in [1.82, 2.24) is 9.78 Å². The summed E-state index contributed by atoms with van der Waals surface area (Å²) in [6.07, 6.45) is 8.03. The SMILES string of the molecule is CCCCn1ncc(NC2CCCCCC2O)c(Cl)c1=O. The number of aromatic nitrogens is 2. The molecule has 0 spiro atoms. The number of hydrogen-bond donors (Lipinski definition) is 2. The van der Waals surface area contributed by atoms with Gasteiger partial charge >= 0.3 is 0 Å². The highest BCUT2D eigenvalue weighted by atomic mass is 35.5. The van der Waals surface area contributed by atoms with Gasteiger partial charge in [0.2, 0.25) is 0 Å². The number of anilines is 1. The molecule has 0 amide bonds. The summed E-state index contributed by atoms with van der Waals surface area (Å²) in [6, 6.07) is -0.0577. The van der Waals surface area contributed by atoms with Gasteiger partial charge in [-0.1, -0.05) is 44.2 Å². The van der Waals surface area contributed by atoms with Crippen LogP contribution in [0.3, 0.4) is 0 Å². The lowest BCUT2D eigenvalue weighted by Gasteiger charge is -2.23. The smallest absolute Gasteiger partial charge is 0.287 e. The molecule has 6 heteroatoms. The van der Waals surface area contributed by atoms with Crippen LogP contribution in [0.15, 0.2) is 11.0 Å². The van der Waals surface area contributed by atoms with E-state index in [-0.39, 0.29) is 16.6 Å². The van der Waals surface area contributed by atoms with Gasteiger partial charge in [0, 0.05) is 6.54 Å². The maximum atomic E-state index is 12.2. The van der Waals surface area contributed by atoms with Crippen LogP contribution in [-0.4, -0.2) is 27.0 Å². The zero-order valence-corrected chi connectivity index (χ0v) is 13.3. The summed E-state index contributed by atoms with van der Waals surface area (Å²) in [5.74, 6) is 0. The summed E-state index contributed by atoms with van der Waals surface area (Å²) in [5, 5.41) is 17.7. The van der Waals surface area contributed by atoms with Crippen LogP contribution in [0.1, 0.15) is 51.9 Å². The Morgan fingerprint density at radius 2 is 2.19 bits per heavy atom. The first-order valence-corrected chi connectivity index (χ1v) is 8.21. The first kappa shape index (κ1) is 16.3. The minimum absolute atomic E-state index is 0.0577. The molecule has 5 nitrogen and oxygen atoms in total. The second-order valence-electron chi connectivity index (χ2n) is 5.71. The number of hydrogen-bond acceptors (Lipinski definition) is 4. The topological polar surface area (TPSA) is 67.2 Å². The van der Waals surface area contributed by atoms with E-state index < -0.39 is 6.10 Å². The maximum absolute atomic E-state index is 12.2. The van der Waals surface area contributed by atoms with Gasteiger partial charge in [-0.05, 0) is 19.3 Å². The van der Waals surface area contributed by atoms with Gasteiger partial charge in [0.05, 0.1) is 24.0 Å². The zero-order chi connectivity index (χ0) is 15.2. The van der Waals surface area contributed by atoms with Crippen LogP contribution < -0.4 is 10.9 Å². The number of unbranched alkanes of at least 4 members (excludes halogenated alkanes) is 1. The largest absolute Gasteiger partial charge is 0.391 e. The van der Waals surface area contributed by atoms with E-state index in [1.165, 1.54) is 4.68 Å². The van der Waals surface area contributed by atoms with Crippen molar-refractivity contribution in [2.45, 2.75) is 70.6 Å². The molecule has 0 aromatic carbocycles. The van der Waals surface area contributed by atoms with Gasteiger partial charge in [0.25, 0.3) is 5.56 Å². The average molecular weight is 314 g/mol. The third-order valence-corrected chi connectivity index (χ3v) is 4.39. The van der Waals surface area contributed by atoms with Crippen LogP contribution >= 0.6 is 11.6 Å². The standard InChI is InChI=1S/C15H24ClN3O2/c1-2-3-9-19-15(21)14(16)12(10-17-19)18-11-7-5-4-6-8-13(11)20/h10-11,13,18,20H,2-9H2,1H3. The lowest BCUT2D eigenvalue weighted by molar-refractivity contribution is 0.144. The monoisotopic (exact) mass is 313 g/mol. The highest BCUT2D eigenvalue weighted by Crippen LogP contribution is 2.24. The Labute approximate surface area is 130 Å². The molecule has 1 fully saturated rings. The normalized spacial score (nSPS) is 22.8. The van der Waals surface area contributed by atoms with Gasteiger partial charge in [-0.15, -0.1) is 0 Å². The highest BCUT2D eigenvalue weighted by Gasteiger charge is 2.22. The molecule has 0 saturated heterocycles. The van der Waals surface area contributed by atoms with Crippen molar-refractivity contribution in [1.29, 1.82) is 0 Å².